The lowest BCUT2D eigenvalue weighted by molar-refractivity contribution is -0.137. The van der Waals surface area contributed by atoms with Crippen LogP contribution >= 0.6 is 0 Å². The van der Waals surface area contributed by atoms with E-state index in [0.717, 1.165) is 6.42 Å². The normalized spacial score (nSPS) is 24.8. The van der Waals surface area contributed by atoms with Crippen molar-refractivity contribution in [2.75, 3.05) is 6.61 Å². The summed E-state index contributed by atoms with van der Waals surface area (Å²) < 4.78 is 7.06. The predicted molar refractivity (Wildman–Crippen MR) is 52.5 cm³/mol. The fourth-order valence-corrected chi connectivity index (χ4v) is 1.80. The van der Waals surface area contributed by atoms with E-state index in [4.69, 9.17) is 9.84 Å². The third-order valence-electron chi connectivity index (χ3n) is 2.74. The molecule has 0 saturated carbocycles. The van der Waals surface area contributed by atoms with E-state index >= 15 is 0 Å². The Hall–Kier alpha value is -1.50. The summed E-state index contributed by atoms with van der Waals surface area (Å²) in [6.45, 7) is 3.07. The second-order valence-corrected chi connectivity index (χ2v) is 3.96. The van der Waals surface area contributed by atoms with Crippen LogP contribution in [0.4, 0.5) is 0 Å². The van der Waals surface area contributed by atoms with Gasteiger partial charge in [-0.1, -0.05) is 6.92 Å². The highest BCUT2D eigenvalue weighted by molar-refractivity contribution is 5.66. The highest BCUT2D eigenvalue weighted by atomic mass is 16.5. The van der Waals surface area contributed by atoms with E-state index < -0.39 is 5.97 Å². The van der Waals surface area contributed by atoms with Crippen LogP contribution in [-0.2, 0) is 16.1 Å². The van der Waals surface area contributed by atoms with E-state index in [-0.39, 0.29) is 19.1 Å². The number of tetrazole rings is 1. The zero-order valence-electron chi connectivity index (χ0n) is 9.04. The van der Waals surface area contributed by atoms with E-state index in [1.54, 1.807) is 0 Å². The molecule has 1 aromatic heterocycles. The van der Waals surface area contributed by atoms with Crippen LogP contribution in [-0.4, -0.2) is 37.9 Å². The van der Waals surface area contributed by atoms with Crippen molar-refractivity contribution >= 4 is 5.97 Å². The van der Waals surface area contributed by atoms with Gasteiger partial charge in [0.15, 0.2) is 5.82 Å². The number of hydrogen-bond donors (Lipinski definition) is 1. The maximum atomic E-state index is 10.5. The standard InChI is InChI=1S/C9H14N4O3/c1-6-3-5-16-8(6)9-10-11-12-13(9)4-2-7(14)15/h6,8H,2-5H2,1H3,(H,14,15). The smallest absolute Gasteiger partial charge is 0.305 e. The molecular weight excluding hydrogens is 212 g/mol. The Bertz CT molecular complexity index is 379. The topological polar surface area (TPSA) is 90.1 Å². The van der Waals surface area contributed by atoms with E-state index in [2.05, 4.69) is 22.4 Å². The number of nitrogens with zero attached hydrogens (tertiary/aromatic N) is 4. The Kier molecular flexibility index (Phi) is 3.14. The van der Waals surface area contributed by atoms with Gasteiger partial charge in [-0.15, -0.1) is 5.10 Å². The van der Waals surface area contributed by atoms with E-state index in [0.29, 0.717) is 18.3 Å². The third-order valence-corrected chi connectivity index (χ3v) is 2.74. The highest BCUT2D eigenvalue weighted by Crippen LogP contribution is 2.32. The first-order valence-electron chi connectivity index (χ1n) is 5.28. The summed E-state index contributed by atoms with van der Waals surface area (Å²) in [5.74, 6) is 0.141. The summed E-state index contributed by atoms with van der Waals surface area (Å²) in [7, 11) is 0. The fraction of sp³-hybridized carbons (Fsp3) is 0.778. The molecule has 1 saturated heterocycles. The number of ether oxygens (including phenoxy) is 1. The molecule has 7 nitrogen and oxygen atoms in total. The number of carbonyl (C=O) groups is 1. The van der Waals surface area contributed by atoms with E-state index in [9.17, 15) is 4.79 Å². The van der Waals surface area contributed by atoms with Crippen LogP contribution in [0, 0.1) is 5.92 Å². The van der Waals surface area contributed by atoms with Crippen LogP contribution in [0.5, 0.6) is 0 Å². The van der Waals surface area contributed by atoms with Gasteiger partial charge in [-0.05, 0) is 22.8 Å². The van der Waals surface area contributed by atoms with Crippen molar-refractivity contribution < 1.29 is 14.6 Å². The van der Waals surface area contributed by atoms with Gasteiger partial charge in [-0.3, -0.25) is 4.79 Å². The fourth-order valence-electron chi connectivity index (χ4n) is 1.80. The molecule has 1 aliphatic heterocycles. The number of rotatable bonds is 4. The van der Waals surface area contributed by atoms with E-state index in [1.165, 1.54) is 4.68 Å². The van der Waals surface area contributed by atoms with Crippen molar-refractivity contribution in [1.82, 2.24) is 20.2 Å². The molecule has 2 rings (SSSR count). The first kappa shape index (κ1) is 11.0. The third kappa shape index (κ3) is 2.19. The van der Waals surface area contributed by atoms with Crippen LogP contribution in [0.1, 0.15) is 31.7 Å². The van der Waals surface area contributed by atoms with Crippen molar-refractivity contribution in [2.45, 2.75) is 32.4 Å². The van der Waals surface area contributed by atoms with Gasteiger partial charge >= 0.3 is 5.97 Å². The van der Waals surface area contributed by atoms with Gasteiger partial charge in [-0.25, -0.2) is 4.68 Å². The molecule has 1 aromatic rings. The number of aliphatic carboxylic acids is 1. The second kappa shape index (κ2) is 4.56. The van der Waals surface area contributed by atoms with Crippen LogP contribution < -0.4 is 0 Å². The molecule has 7 heteroatoms. The van der Waals surface area contributed by atoms with Crippen LogP contribution in [0.3, 0.4) is 0 Å². The maximum Gasteiger partial charge on any atom is 0.305 e. The number of carboxylic acids is 1. The molecule has 0 amide bonds. The van der Waals surface area contributed by atoms with Gasteiger partial charge in [-0.2, -0.15) is 0 Å². The predicted octanol–water partition coefficient (Wildman–Crippen LogP) is 0.245. The van der Waals surface area contributed by atoms with Crippen LogP contribution in [0.15, 0.2) is 0 Å². The summed E-state index contributed by atoms with van der Waals surface area (Å²) in [5, 5.41) is 19.9. The minimum absolute atomic E-state index is 0.0130. The summed E-state index contributed by atoms with van der Waals surface area (Å²) in [5.41, 5.74) is 0. The lowest BCUT2D eigenvalue weighted by Gasteiger charge is -2.13. The first-order valence-corrected chi connectivity index (χ1v) is 5.28. The minimum atomic E-state index is -0.859. The average molecular weight is 226 g/mol. The van der Waals surface area contributed by atoms with Crippen molar-refractivity contribution in [3.63, 3.8) is 0 Å². The second-order valence-electron chi connectivity index (χ2n) is 3.96. The van der Waals surface area contributed by atoms with Crippen LogP contribution in [0.2, 0.25) is 0 Å². The Morgan fingerprint density at radius 3 is 3.12 bits per heavy atom. The van der Waals surface area contributed by atoms with Gasteiger partial charge in [0.25, 0.3) is 0 Å². The monoisotopic (exact) mass is 226 g/mol. The molecule has 0 bridgehead atoms. The molecule has 1 fully saturated rings. The van der Waals surface area contributed by atoms with Gasteiger partial charge in [0.1, 0.15) is 6.10 Å². The van der Waals surface area contributed by atoms with Gasteiger partial charge < -0.3 is 9.84 Å². The van der Waals surface area contributed by atoms with Crippen LogP contribution in [0.25, 0.3) is 0 Å². The molecule has 88 valence electrons. The lowest BCUT2D eigenvalue weighted by atomic mass is 10.0. The zero-order valence-corrected chi connectivity index (χ0v) is 9.04. The SMILES string of the molecule is CC1CCOC1c1nnnn1CCC(=O)O. The largest absolute Gasteiger partial charge is 0.481 e. The van der Waals surface area contributed by atoms with E-state index in [1.807, 2.05) is 0 Å². The molecule has 0 spiro atoms. The molecular formula is C9H14N4O3. The van der Waals surface area contributed by atoms with Gasteiger partial charge in [0, 0.05) is 6.61 Å². The van der Waals surface area contributed by atoms with Crippen molar-refractivity contribution in [1.29, 1.82) is 0 Å². The Labute approximate surface area is 92.4 Å². The molecule has 0 aliphatic carbocycles. The Morgan fingerprint density at radius 1 is 1.69 bits per heavy atom. The maximum absolute atomic E-state index is 10.5. The molecule has 1 aliphatic rings. The Balaban J connectivity index is 2.09. The van der Waals surface area contributed by atoms with Gasteiger partial charge in [0.2, 0.25) is 0 Å². The molecule has 16 heavy (non-hydrogen) atoms. The summed E-state index contributed by atoms with van der Waals surface area (Å²) in [6.07, 6.45) is 0.888. The summed E-state index contributed by atoms with van der Waals surface area (Å²) >= 11 is 0. The molecule has 2 unspecified atom stereocenters. The van der Waals surface area contributed by atoms with Crippen molar-refractivity contribution in [3.8, 4) is 0 Å². The molecule has 2 atom stereocenters. The summed E-state index contributed by atoms with van der Waals surface area (Å²) in [6, 6.07) is 0. The van der Waals surface area contributed by atoms with Crippen molar-refractivity contribution in [3.05, 3.63) is 5.82 Å². The van der Waals surface area contributed by atoms with Crippen molar-refractivity contribution in [2.24, 2.45) is 5.92 Å². The average Bonchev–Trinajstić information content (AvgIpc) is 2.82. The number of aryl methyl sites for hydroxylation is 1. The quantitative estimate of drug-likeness (QED) is 0.791. The number of aromatic nitrogens is 4. The Morgan fingerprint density at radius 2 is 2.50 bits per heavy atom. The first-order chi connectivity index (χ1) is 7.68. The molecule has 0 aromatic carbocycles. The van der Waals surface area contributed by atoms with Gasteiger partial charge in [0.05, 0.1) is 13.0 Å². The zero-order chi connectivity index (χ0) is 11.5. The number of carboxylic acid groups (broad SMARTS) is 1. The minimum Gasteiger partial charge on any atom is -0.481 e. The number of hydrogen-bond acceptors (Lipinski definition) is 5. The highest BCUT2D eigenvalue weighted by Gasteiger charge is 2.30. The lowest BCUT2D eigenvalue weighted by Crippen LogP contribution is -2.15. The molecule has 0 radical (unpaired) electrons. The molecule has 2 heterocycles. The summed E-state index contributed by atoms with van der Waals surface area (Å²) in [4.78, 5) is 10.5. The molecule has 1 N–H and O–H groups in total.